The van der Waals surface area contributed by atoms with Crippen LogP contribution in [0, 0.1) is 5.41 Å². The first-order chi connectivity index (χ1) is 11.6. The molecule has 0 amide bonds. The summed E-state index contributed by atoms with van der Waals surface area (Å²) in [5.41, 5.74) is -1.25. The van der Waals surface area contributed by atoms with E-state index in [-0.39, 0.29) is 42.8 Å². The Balaban J connectivity index is 0. The third kappa shape index (κ3) is 14.7. The van der Waals surface area contributed by atoms with Crippen LogP contribution in [0.15, 0.2) is 0 Å². The number of ether oxygens (including phenoxy) is 2. The number of hydrogen-bond donors (Lipinski definition) is 1. The van der Waals surface area contributed by atoms with E-state index in [2.05, 4.69) is 7.81 Å². The predicted octanol–water partition coefficient (Wildman–Crippen LogP) is -2.66. The maximum atomic E-state index is 11.4. The van der Waals surface area contributed by atoms with Crippen molar-refractivity contribution < 1.29 is 73.3 Å². The zero-order chi connectivity index (χ0) is 19.4. The minimum atomic E-state index is -5.49. The molecule has 0 aromatic heterocycles. The number of unbranched alkanes of at least 4 members (excludes halogenated alkanes) is 2. The minimum Gasteiger partial charge on any atom is -0.725 e. The molecule has 0 bridgehead atoms. The maximum absolute atomic E-state index is 11.4. The Morgan fingerprint density at radius 3 is 1.73 bits per heavy atom. The van der Waals surface area contributed by atoms with E-state index >= 15 is 0 Å². The van der Waals surface area contributed by atoms with Crippen LogP contribution in [0.25, 0.3) is 0 Å². The second-order valence-corrected chi connectivity index (χ2v) is 8.03. The molecule has 0 atom stereocenters. The van der Waals surface area contributed by atoms with Crippen LogP contribution in [0.2, 0.25) is 0 Å². The zero-order valence-electron chi connectivity index (χ0n) is 15.5. The van der Waals surface area contributed by atoms with Crippen molar-refractivity contribution in [2.24, 2.45) is 5.41 Å². The van der Waals surface area contributed by atoms with Gasteiger partial charge in [-0.25, -0.2) is 12.6 Å². The average Bonchev–Trinajstić information content (AvgIpc) is 2.50. The molecule has 13 heteroatoms. The average molecular weight is 430 g/mol. The molecule has 0 saturated heterocycles. The van der Waals surface area contributed by atoms with Gasteiger partial charge < -0.3 is 19.1 Å². The first-order valence-electron chi connectivity index (χ1n) is 7.92. The molecule has 152 valence electrons. The Kier molecular flexibility index (Phi) is 16.2. The summed E-state index contributed by atoms with van der Waals surface area (Å²) in [5, 5.41) is 9.66. The summed E-state index contributed by atoms with van der Waals surface area (Å²) >= 11 is 0. The van der Waals surface area contributed by atoms with Crippen LogP contribution in [0.4, 0.5) is 0 Å². The van der Waals surface area contributed by atoms with Gasteiger partial charge in [0.25, 0.3) is 0 Å². The number of hydrogen-bond acceptors (Lipinski definition) is 10. The fourth-order valence-electron chi connectivity index (χ4n) is 1.65. The molecular formula is C13H27NaO10S2. The third-order valence-electron chi connectivity index (χ3n) is 3.11. The molecular weight excluding hydrogens is 403 g/mol. The second-order valence-electron chi connectivity index (χ2n) is 5.62. The van der Waals surface area contributed by atoms with Crippen molar-refractivity contribution in [1.29, 1.82) is 0 Å². The predicted molar refractivity (Wildman–Crippen MR) is 86.6 cm³/mol. The summed E-state index contributed by atoms with van der Waals surface area (Å²) < 4.78 is 72.5. The molecule has 1 N–H and O–H groups in total. The Morgan fingerprint density at radius 2 is 1.38 bits per heavy atom. The van der Waals surface area contributed by atoms with Gasteiger partial charge in [-0.1, -0.05) is 26.7 Å². The summed E-state index contributed by atoms with van der Waals surface area (Å²) in [6, 6.07) is 0. The van der Waals surface area contributed by atoms with Crippen LogP contribution >= 0.6 is 0 Å². The van der Waals surface area contributed by atoms with Crippen LogP contribution in [0.3, 0.4) is 0 Å². The molecule has 0 heterocycles. The molecule has 0 fully saturated rings. The van der Waals surface area contributed by atoms with Crippen molar-refractivity contribution in [1.82, 2.24) is 0 Å². The van der Waals surface area contributed by atoms with Crippen LogP contribution in [-0.2, 0) is 38.1 Å². The van der Waals surface area contributed by atoms with Gasteiger partial charge >= 0.3 is 40.0 Å². The van der Waals surface area contributed by atoms with Gasteiger partial charge in [0.05, 0.1) is 31.8 Å². The monoisotopic (exact) mass is 430 g/mol. The van der Waals surface area contributed by atoms with Gasteiger partial charge in [0.2, 0.25) is 10.4 Å². The van der Waals surface area contributed by atoms with Crippen LogP contribution in [0.1, 0.15) is 39.5 Å². The van der Waals surface area contributed by atoms with Crippen molar-refractivity contribution in [3.05, 3.63) is 0 Å². The molecule has 0 unspecified atom stereocenters. The van der Waals surface area contributed by atoms with Gasteiger partial charge in [-0.05, 0) is 12.8 Å². The van der Waals surface area contributed by atoms with Gasteiger partial charge in [-0.3, -0.25) is 0 Å². The number of aliphatic hydroxyl groups excluding tert-OH is 1. The maximum Gasteiger partial charge on any atom is 1.00 e. The largest absolute Gasteiger partial charge is 1.00 e. The van der Waals surface area contributed by atoms with Crippen molar-refractivity contribution >= 4 is 20.8 Å². The zero-order valence-corrected chi connectivity index (χ0v) is 19.1. The van der Waals surface area contributed by atoms with Crippen molar-refractivity contribution in [2.45, 2.75) is 39.5 Å². The van der Waals surface area contributed by atoms with E-state index in [1.54, 1.807) is 0 Å². The minimum absolute atomic E-state index is 0. The van der Waals surface area contributed by atoms with Crippen molar-refractivity contribution in [3.8, 4) is 0 Å². The summed E-state index contributed by atoms with van der Waals surface area (Å²) in [6.45, 7) is 3.37. The van der Waals surface area contributed by atoms with Crippen molar-refractivity contribution in [3.63, 3.8) is 0 Å². The molecule has 0 spiro atoms. The quantitative estimate of drug-likeness (QED) is 0.119. The van der Waals surface area contributed by atoms with E-state index in [1.807, 2.05) is 13.8 Å². The van der Waals surface area contributed by atoms with Crippen molar-refractivity contribution in [2.75, 3.05) is 39.6 Å². The Bertz CT molecular complexity index is 537. The van der Waals surface area contributed by atoms with Gasteiger partial charge in [-0.15, -0.1) is 3.63 Å². The van der Waals surface area contributed by atoms with E-state index in [9.17, 15) is 26.5 Å². The molecule has 10 nitrogen and oxygen atoms in total. The normalized spacial score (nSPS) is 12.8. The van der Waals surface area contributed by atoms with E-state index < -0.39 is 39.4 Å². The van der Waals surface area contributed by atoms with Gasteiger partial charge in [0.15, 0.2) is 0 Å². The molecule has 0 aliphatic heterocycles. The number of rotatable bonds is 16. The smallest absolute Gasteiger partial charge is 0.725 e. The van der Waals surface area contributed by atoms with Crippen LogP contribution in [0.5, 0.6) is 0 Å². The van der Waals surface area contributed by atoms with E-state index in [4.69, 9.17) is 9.47 Å². The molecule has 0 aliphatic rings. The fourth-order valence-corrected chi connectivity index (χ4v) is 3.02. The van der Waals surface area contributed by atoms with Gasteiger partial charge in [0.1, 0.15) is 0 Å². The van der Waals surface area contributed by atoms with Gasteiger partial charge in [0, 0.05) is 13.2 Å². The standard InChI is InChI=1S/C13H28O10S2.Na/c1-3-5-7-20-10-13(9-14,11-21-8-6-4-2)12-22-25(18,19)23-24(15,16)17;/h14H,3-12H2,1-2H3,(H,15,16,17);/q;+1/p-1. The Hall–Kier alpha value is 0.660. The summed E-state index contributed by atoms with van der Waals surface area (Å²) in [5.74, 6) is 0. The van der Waals surface area contributed by atoms with E-state index in [0.717, 1.165) is 25.7 Å². The third-order valence-corrected chi connectivity index (χ3v) is 4.85. The number of aliphatic hydroxyl groups is 1. The molecule has 0 radical (unpaired) electrons. The Morgan fingerprint density at radius 1 is 0.923 bits per heavy atom. The molecule has 0 aliphatic carbocycles. The Labute approximate surface area is 178 Å². The van der Waals surface area contributed by atoms with E-state index in [1.165, 1.54) is 0 Å². The molecule has 0 aromatic rings. The SMILES string of the molecule is CCCCOCC(CO)(COCCCC)COS(=O)(=O)OS(=O)(=O)[O-].[Na+]. The topological polar surface area (TPSA) is 148 Å². The first kappa shape index (κ1) is 28.9. The first-order valence-corrected chi connectivity index (χ1v) is 10.6. The summed E-state index contributed by atoms with van der Waals surface area (Å²) in [6.07, 6.45) is 3.32. The molecule has 0 saturated carbocycles. The summed E-state index contributed by atoms with van der Waals surface area (Å²) in [4.78, 5) is 0. The summed E-state index contributed by atoms with van der Waals surface area (Å²) in [7, 11) is -10.6. The molecule has 0 aromatic carbocycles. The molecule has 0 rings (SSSR count). The van der Waals surface area contributed by atoms with Crippen LogP contribution < -0.4 is 29.6 Å². The molecule has 26 heavy (non-hydrogen) atoms. The van der Waals surface area contributed by atoms with E-state index in [0.29, 0.717) is 13.2 Å². The van der Waals surface area contributed by atoms with Crippen LogP contribution in [-0.4, -0.2) is 66.1 Å². The second kappa shape index (κ2) is 14.6. The van der Waals surface area contributed by atoms with Gasteiger partial charge in [-0.2, -0.15) is 8.42 Å². The fraction of sp³-hybridized carbons (Fsp3) is 1.00.